The van der Waals surface area contributed by atoms with E-state index in [-0.39, 0.29) is 30.0 Å². The fourth-order valence-electron chi connectivity index (χ4n) is 3.68. The lowest BCUT2D eigenvalue weighted by molar-refractivity contribution is -0.120. The Morgan fingerprint density at radius 3 is 2.77 bits per heavy atom. The van der Waals surface area contributed by atoms with Crippen LogP contribution in [-0.2, 0) is 17.6 Å². The summed E-state index contributed by atoms with van der Waals surface area (Å²) in [5.74, 6) is 0.766. The van der Waals surface area contributed by atoms with E-state index in [0.717, 1.165) is 16.0 Å². The number of ketones is 1. The predicted molar refractivity (Wildman–Crippen MR) is 118 cm³/mol. The standard InChI is InChI=1S/C24H22FNO4S/c1-14(27)21-7-8-22(31-21)19-12-17(25)9-16-10-18(30-24(16)19)13-26-23(28)11-15-5-3-4-6-20(15)29-2/h3-9,12,18H,10-11,13H2,1-2H3,(H,26,28)/t18-/m1/s1. The number of methoxy groups -OCH3 is 1. The van der Waals surface area contributed by atoms with E-state index in [4.69, 9.17) is 9.47 Å². The van der Waals surface area contributed by atoms with Gasteiger partial charge in [-0.1, -0.05) is 18.2 Å². The van der Waals surface area contributed by atoms with Gasteiger partial charge in [-0.05, 0) is 37.3 Å². The molecule has 0 saturated heterocycles. The van der Waals surface area contributed by atoms with Crippen molar-refractivity contribution in [2.45, 2.75) is 25.9 Å². The molecule has 3 aromatic rings. The molecule has 0 bridgehead atoms. The lowest BCUT2D eigenvalue weighted by Gasteiger charge is -2.14. The van der Waals surface area contributed by atoms with Gasteiger partial charge in [-0.3, -0.25) is 9.59 Å². The van der Waals surface area contributed by atoms with Crippen molar-refractivity contribution in [2.24, 2.45) is 0 Å². The molecule has 1 N–H and O–H groups in total. The molecule has 4 rings (SSSR count). The van der Waals surface area contributed by atoms with Crippen molar-refractivity contribution in [1.29, 1.82) is 0 Å². The third-order valence-corrected chi connectivity index (χ3v) is 6.37. The molecule has 0 unspecified atom stereocenters. The Bertz CT molecular complexity index is 1140. The largest absolute Gasteiger partial charge is 0.496 e. The Morgan fingerprint density at radius 2 is 2.03 bits per heavy atom. The number of nitrogens with one attached hydrogen (secondary N) is 1. The van der Waals surface area contributed by atoms with Gasteiger partial charge in [0, 0.05) is 28.0 Å². The fourth-order valence-corrected chi connectivity index (χ4v) is 4.59. The summed E-state index contributed by atoms with van der Waals surface area (Å²) in [7, 11) is 1.57. The minimum absolute atomic E-state index is 0.0270. The van der Waals surface area contributed by atoms with E-state index in [2.05, 4.69) is 5.32 Å². The van der Waals surface area contributed by atoms with Gasteiger partial charge in [0.2, 0.25) is 5.91 Å². The first kappa shape index (κ1) is 21.1. The van der Waals surface area contributed by atoms with Crippen molar-refractivity contribution in [3.8, 4) is 21.9 Å². The number of Topliss-reactive ketones (excluding diaryl/α,β-unsaturated/α-hetero) is 1. The maximum Gasteiger partial charge on any atom is 0.224 e. The van der Waals surface area contributed by atoms with Crippen LogP contribution in [-0.4, -0.2) is 31.4 Å². The molecule has 160 valence electrons. The number of hydrogen-bond acceptors (Lipinski definition) is 5. The average molecular weight is 440 g/mol. The highest BCUT2D eigenvalue weighted by Gasteiger charge is 2.28. The van der Waals surface area contributed by atoms with Gasteiger partial charge >= 0.3 is 0 Å². The summed E-state index contributed by atoms with van der Waals surface area (Å²) < 4.78 is 25.6. The molecular weight excluding hydrogens is 417 g/mol. The molecule has 1 atom stereocenters. The smallest absolute Gasteiger partial charge is 0.224 e. The Morgan fingerprint density at radius 1 is 1.23 bits per heavy atom. The van der Waals surface area contributed by atoms with Crippen LogP contribution in [0.1, 0.15) is 27.7 Å². The molecule has 0 saturated carbocycles. The van der Waals surface area contributed by atoms with Crippen LogP contribution in [0.5, 0.6) is 11.5 Å². The maximum atomic E-state index is 14.2. The number of para-hydroxylation sites is 1. The lowest BCUT2D eigenvalue weighted by Crippen LogP contribution is -2.35. The molecule has 5 nitrogen and oxygen atoms in total. The zero-order valence-electron chi connectivity index (χ0n) is 17.2. The van der Waals surface area contributed by atoms with Crippen LogP contribution in [0.4, 0.5) is 4.39 Å². The normalized spacial score (nSPS) is 14.6. The van der Waals surface area contributed by atoms with Gasteiger partial charge < -0.3 is 14.8 Å². The van der Waals surface area contributed by atoms with E-state index in [9.17, 15) is 14.0 Å². The van der Waals surface area contributed by atoms with Crippen molar-refractivity contribution in [1.82, 2.24) is 5.32 Å². The molecule has 7 heteroatoms. The number of carbonyl (C=O) groups is 2. The van der Waals surface area contributed by atoms with Gasteiger partial charge in [-0.2, -0.15) is 0 Å². The monoisotopic (exact) mass is 439 g/mol. The van der Waals surface area contributed by atoms with Crippen LogP contribution in [0.3, 0.4) is 0 Å². The van der Waals surface area contributed by atoms with Crippen LogP contribution in [0.15, 0.2) is 48.5 Å². The number of carbonyl (C=O) groups excluding carboxylic acids is 2. The van der Waals surface area contributed by atoms with Gasteiger partial charge in [0.25, 0.3) is 0 Å². The minimum Gasteiger partial charge on any atom is -0.496 e. The summed E-state index contributed by atoms with van der Waals surface area (Å²) in [5.41, 5.74) is 2.20. The Labute approximate surface area is 183 Å². The first-order valence-electron chi connectivity index (χ1n) is 9.93. The molecule has 0 spiro atoms. The van der Waals surface area contributed by atoms with Gasteiger partial charge in [0.1, 0.15) is 23.4 Å². The Balaban J connectivity index is 1.44. The quantitative estimate of drug-likeness (QED) is 0.554. The van der Waals surface area contributed by atoms with Crippen molar-refractivity contribution in [3.05, 3.63) is 70.4 Å². The first-order valence-corrected chi connectivity index (χ1v) is 10.7. The molecule has 2 heterocycles. The van der Waals surface area contributed by atoms with E-state index in [0.29, 0.717) is 34.9 Å². The number of thiophene rings is 1. The molecule has 0 aliphatic carbocycles. The first-order chi connectivity index (χ1) is 14.9. The zero-order chi connectivity index (χ0) is 22.0. The summed E-state index contributed by atoms with van der Waals surface area (Å²) in [4.78, 5) is 25.4. The van der Waals surface area contributed by atoms with E-state index in [1.54, 1.807) is 13.2 Å². The molecule has 2 aromatic carbocycles. The van der Waals surface area contributed by atoms with Crippen molar-refractivity contribution >= 4 is 23.0 Å². The predicted octanol–water partition coefficient (Wildman–Crippen LogP) is 4.43. The SMILES string of the molecule is COc1ccccc1CC(=O)NC[C@H]1Cc2cc(F)cc(-c3ccc(C(C)=O)s3)c2O1. The van der Waals surface area contributed by atoms with Crippen LogP contribution in [0, 0.1) is 5.82 Å². The number of halogens is 1. The van der Waals surface area contributed by atoms with Crippen LogP contribution in [0.2, 0.25) is 0 Å². The second-order valence-corrected chi connectivity index (χ2v) is 8.48. The fraction of sp³-hybridized carbons (Fsp3) is 0.250. The number of amides is 1. The number of benzene rings is 2. The van der Waals surface area contributed by atoms with Crippen molar-refractivity contribution in [2.75, 3.05) is 13.7 Å². The van der Waals surface area contributed by atoms with E-state index in [1.165, 1.54) is 30.4 Å². The van der Waals surface area contributed by atoms with Crippen LogP contribution >= 0.6 is 11.3 Å². The summed E-state index contributed by atoms with van der Waals surface area (Å²) in [6.45, 7) is 1.82. The summed E-state index contributed by atoms with van der Waals surface area (Å²) >= 11 is 1.32. The van der Waals surface area contributed by atoms with Gasteiger partial charge in [0.15, 0.2) is 5.78 Å². The van der Waals surface area contributed by atoms with Gasteiger partial charge in [0.05, 0.1) is 25.0 Å². The number of fused-ring (bicyclic) bond motifs is 1. The van der Waals surface area contributed by atoms with Gasteiger partial charge in [-0.15, -0.1) is 11.3 Å². The van der Waals surface area contributed by atoms with Crippen molar-refractivity contribution < 1.29 is 23.5 Å². The summed E-state index contributed by atoms with van der Waals surface area (Å²) in [6.07, 6.45) is 0.413. The van der Waals surface area contributed by atoms with Crippen LogP contribution < -0.4 is 14.8 Å². The minimum atomic E-state index is -0.351. The summed E-state index contributed by atoms with van der Waals surface area (Å²) in [6, 6.07) is 13.8. The van der Waals surface area contributed by atoms with Crippen molar-refractivity contribution in [3.63, 3.8) is 0 Å². The molecule has 0 radical (unpaired) electrons. The number of hydrogen-bond donors (Lipinski definition) is 1. The second-order valence-electron chi connectivity index (χ2n) is 7.40. The second kappa shape index (κ2) is 8.89. The van der Waals surface area contributed by atoms with E-state index in [1.807, 2.05) is 30.3 Å². The average Bonchev–Trinajstić information content (AvgIpc) is 3.39. The lowest BCUT2D eigenvalue weighted by atomic mass is 10.0. The summed E-state index contributed by atoms with van der Waals surface area (Å²) in [5, 5.41) is 2.90. The Kier molecular flexibility index (Phi) is 6.04. The third-order valence-electron chi connectivity index (χ3n) is 5.15. The highest BCUT2D eigenvalue weighted by molar-refractivity contribution is 7.17. The molecular formula is C24H22FNO4S. The molecule has 1 aliphatic rings. The number of ether oxygens (including phenoxy) is 2. The van der Waals surface area contributed by atoms with E-state index >= 15 is 0 Å². The van der Waals surface area contributed by atoms with E-state index < -0.39 is 0 Å². The highest BCUT2D eigenvalue weighted by Crippen LogP contribution is 2.42. The zero-order valence-corrected chi connectivity index (χ0v) is 18.1. The maximum absolute atomic E-state index is 14.2. The topological polar surface area (TPSA) is 64.6 Å². The Hall–Kier alpha value is -3.19. The molecule has 1 amide bonds. The van der Waals surface area contributed by atoms with Crippen LogP contribution in [0.25, 0.3) is 10.4 Å². The van der Waals surface area contributed by atoms with Gasteiger partial charge in [-0.25, -0.2) is 4.39 Å². The number of rotatable bonds is 7. The molecule has 0 fully saturated rings. The highest BCUT2D eigenvalue weighted by atomic mass is 32.1. The third kappa shape index (κ3) is 4.61. The molecule has 1 aliphatic heterocycles. The molecule has 31 heavy (non-hydrogen) atoms. The molecule has 1 aromatic heterocycles.